The molecule has 6 heteroatoms. The largest absolute Gasteiger partial charge is 0.464 e. The minimum absolute atomic E-state index is 0.252. The van der Waals surface area contributed by atoms with Crippen LogP contribution in [0.2, 0.25) is 0 Å². The van der Waals surface area contributed by atoms with Crippen molar-refractivity contribution < 1.29 is 9.53 Å². The van der Waals surface area contributed by atoms with Gasteiger partial charge in [0.1, 0.15) is 0 Å². The van der Waals surface area contributed by atoms with Gasteiger partial charge in [-0.15, -0.1) is 0 Å². The van der Waals surface area contributed by atoms with E-state index in [1.807, 2.05) is 12.1 Å². The molecule has 3 heterocycles. The maximum absolute atomic E-state index is 13.0. The molecule has 23 heavy (non-hydrogen) atoms. The highest BCUT2D eigenvalue weighted by molar-refractivity contribution is 5.86. The third-order valence-electron chi connectivity index (χ3n) is 3.49. The topological polar surface area (TPSA) is 69.9 Å². The number of nitrogens with zero attached hydrogens (tertiary/aromatic N) is 4. The summed E-state index contributed by atoms with van der Waals surface area (Å²) in [5.74, 6) is -0.471. The summed E-state index contributed by atoms with van der Waals surface area (Å²) in [5, 5.41) is 4.28. The Morgan fingerprint density at radius 2 is 1.70 bits per heavy atom. The van der Waals surface area contributed by atoms with Gasteiger partial charge >= 0.3 is 5.97 Å². The van der Waals surface area contributed by atoms with Gasteiger partial charge in [0.2, 0.25) is 5.54 Å². The Labute approximate surface area is 133 Å². The smallest absolute Gasteiger partial charge is 0.346 e. The van der Waals surface area contributed by atoms with E-state index in [0.29, 0.717) is 11.4 Å². The van der Waals surface area contributed by atoms with Crippen LogP contribution in [0.3, 0.4) is 0 Å². The lowest BCUT2D eigenvalue weighted by molar-refractivity contribution is -0.150. The summed E-state index contributed by atoms with van der Waals surface area (Å²) >= 11 is 0. The summed E-state index contributed by atoms with van der Waals surface area (Å²) in [5.41, 5.74) is -0.358. The molecule has 3 rings (SSSR count). The molecule has 0 aliphatic heterocycles. The Kier molecular flexibility index (Phi) is 4.14. The Bertz CT molecular complexity index is 718. The van der Waals surface area contributed by atoms with Crippen molar-refractivity contribution in [2.75, 3.05) is 6.61 Å². The first-order valence-corrected chi connectivity index (χ1v) is 7.30. The van der Waals surface area contributed by atoms with Gasteiger partial charge in [-0.25, -0.2) is 9.48 Å². The summed E-state index contributed by atoms with van der Waals surface area (Å²) in [6, 6.07) is 12.5. The van der Waals surface area contributed by atoms with Crippen LogP contribution in [0.25, 0.3) is 0 Å². The average Bonchev–Trinajstić information content (AvgIpc) is 3.13. The molecule has 0 aliphatic rings. The lowest BCUT2D eigenvalue weighted by Gasteiger charge is -2.30. The van der Waals surface area contributed by atoms with Gasteiger partial charge in [-0.2, -0.15) is 5.10 Å². The van der Waals surface area contributed by atoms with Crippen molar-refractivity contribution in [1.29, 1.82) is 0 Å². The highest BCUT2D eigenvalue weighted by Gasteiger charge is 2.49. The van der Waals surface area contributed by atoms with E-state index in [0.717, 1.165) is 0 Å². The lowest BCUT2D eigenvalue weighted by atomic mass is 9.90. The molecule has 0 aromatic carbocycles. The summed E-state index contributed by atoms with van der Waals surface area (Å²) in [6.07, 6.45) is 6.59. The molecular weight excluding hydrogens is 292 g/mol. The van der Waals surface area contributed by atoms with Crippen molar-refractivity contribution in [2.24, 2.45) is 0 Å². The maximum Gasteiger partial charge on any atom is 0.346 e. The van der Waals surface area contributed by atoms with Crippen molar-refractivity contribution in [3.63, 3.8) is 0 Å². The highest BCUT2D eigenvalue weighted by atomic mass is 16.5. The molecule has 0 N–H and O–H groups in total. The van der Waals surface area contributed by atoms with Crippen LogP contribution in [-0.2, 0) is 15.1 Å². The Morgan fingerprint density at radius 3 is 2.13 bits per heavy atom. The molecular formula is C17H16N4O2. The first kappa shape index (κ1) is 14.9. The fourth-order valence-electron chi connectivity index (χ4n) is 2.52. The molecule has 6 nitrogen and oxygen atoms in total. The van der Waals surface area contributed by atoms with Gasteiger partial charge in [-0.1, -0.05) is 12.1 Å². The van der Waals surface area contributed by atoms with E-state index in [4.69, 9.17) is 4.74 Å². The van der Waals surface area contributed by atoms with Crippen LogP contribution in [0.15, 0.2) is 67.3 Å². The number of ether oxygens (including phenoxy) is 1. The van der Waals surface area contributed by atoms with E-state index in [1.54, 1.807) is 62.0 Å². The second kappa shape index (κ2) is 6.39. The second-order valence-corrected chi connectivity index (χ2v) is 4.81. The molecule has 0 atom stereocenters. The van der Waals surface area contributed by atoms with Crippen molar-refractivity contribution in [1.82, 2.24) is 19.7 Å². The van der Waals surface area contributed by atoms with Crippen molar-refractivity contribution in [2.45, 2.75) is 12.5 Å². The zero-order valence-corrected chi connectivity index (χ0v) is 12.7. The molecule has 0 aliphatic carbocycles. The molecule has 3 aromatic rings. The Morgan fingerprint density at radius 1 is 1.04 bits per heavy atom. The predicted molar refractivity (Wildman–Crippen MR) is 83.5 cm³/mol. The van der Waals surface area contributed by atoms with Crippen molar-refractivity contribution in [3.8, 4) is 0 Å². The molecule has 0 radical (unpaired) electrons. The number of rotatable bonds is 5. The van der Waals surface area contributed by atoms with Crippen LogP contribution < -0.4 is 0 Å². The summed E-state index contributed by atoms with van der Waals surface area (Å²) in [6.45, 7) is 2.02. The Hall–Kier alpha value is -3.02. The van der Waals surface area contributed by atoms with Crippen LogP contribution in [0, 0.1) is 0 Å². The number of carbonyl (C=O) groups is 1. The van der Waals surface area contributed by atoms with E-state index in [9.17, 15) is 4.79 Å². The fraction of sp³-hybridized carbons (Fsp3) is 0.176. The minimum atomic E-state index is -1.36. The van der Waals surface area contributed by atoms with E-state index in [2.05, 4.69) is 15.1 Å². The standard InChI is InChI=1S/C17H16N4O2/c1-2-23-16(22)17(21-13-7-12-20-21,14-8-3-5-10-18-14)15-9-4-6-11-19-15/h3-13H,2H2,1H3. The van der Waals surface area contributed by atoms with Gasteiger partial charge < -0.3 is 4.74 Å². The second-order valence-electron chi connectivity index (χ2n) is 4.81. The number of pyridine rings is 2. The third kappa shape index (κ3) is 2.48. The zero-order valence-electron chi connectivity index (χ0n) is 12.7. The van der Waals surface area contributed by atoms with Gasteiger partial charge in [0.05, 0.1) is 18.0 Å². The molecule has 0 unspecified atom stereocenters. The maximum atomic E-state index is 13.0. The van der Waals surface area contributed by atoms with Gasteiger partial charge in [-0.3, -0.25) is 9.97 Å². The molecule has 0 spiro atoms. The highest BCUT2D eigenvalue weighted by Crippen LogP contribution is 2.32. The molecule has 0 saturated heterocycles. The summed E-state index contributed by atoms with van der Waals surface area (Å²) in [7, 11) is 0. The lowest BCUT2D eigenvalue weighted by Crippen LogP contribution is -2.47. The zero-order chi connectivity index (χ0) is 16.1. The van der Waals surface area contributed by atoms with Crippen LogP contribution in [0.4, 0.5) is 0 Å². The van der Waals surface area contributed by atoms with Gasteiger partial charge in [0.15, 0.2) is 0 Å². The number of hydrogen-bond donors (Lipinski definition) is 0. The first-order chi connectivity index (χ1) is 11.3. The van der Waals surface area contributed by atoms with Crippen LogP contribution in [0.1, 0.15) is 18.3 Å². The predicted octanol–water partition coefficient (Wildman–Crippen LogP) is 2.03. The molecule has 0 fully saturated rings. The van der Waals surface area contributed by atoms with E-state index < -0.39 is 11.5 Å². The van der Waals surface area contributed by atoms with Crippen molar-refractivity contribution in [3.05, 3.63) is 78.6 Å². The summed E-state index contributed by atoms with van der Waals surface area (Å²) in [4.78, 5) is 21.8. The van der Waals surface area contributed by atoms with Crippen LogP contribution in [0.5, 0.6) is 0 Å². The molecule has 0 amide bonds. The molecule has 0 bridgehead atoms. The molecule has 0 saturated carbocycles. The average molecular weight is 308 g/mol. The van der Waals surface area contributed by atoms with Crippen LogP contribution in [-0.4, -0.2) is 32.3 Å². The molecule has 116 valence electrons. The third-order valence-corrected chi connectivity index (χ3v) is 3.49. The van der Waals surface area contributed by atoms with E-state index in [1.165, 1.54) is 4.68 Å². The number of esters is 1. The van der Waals surface area contributed by atoms with Crippen LogP contribution >= 0.6 is 0 Å². The van der Waals surface area contributed by atoms with Gasteiger partial charge in [-0.05, 0) is 37.3 Å². The van der Waals surface area contributed by atoms with E-state index in [-0.39, 0.29) is 6.61 Å². The quantitative estimate of drug-likeness (QED) is 0.675. The number of hydrogen-bond acceptors (Lipinski definition) is 5. The van der Waals surface area contributed by atoms with Gasteiger partial charge in [0, 0.05) is 24.8 Å². The molecule has 3 aromatic heterocycles. The Balaban J connectivity index is 2.33. The number of carbonyl (C=O) groups excluding carboxylic acids is 1. The monoisotopic (exact) mass is 308 g/mol. The van der Waals surface area contributed by atoms with E-state index >= 15 is 0 Å². The van der Waals surface area contributed by atoms with Gasteiger partial charge in [0.25, 0.3) is 0 Å². The minimum Gasteiger partial charge on any atom is -0.464 e. The fourth-order valence-corrected chi connectivity index (χ4v) is 2.52. The number of aromatic nitrogens is 4. The summed E-state index contributed by atoms with van der Waals surface area (Å²) < 4.78 is 6.90. The van der Waals surface area contributed by atoms with Crippen molar-refractivity contribution >= 4 is 5.97 Å². The SMILES string of the molecule is CCOC(=O)C(c1ccccn1)(c1ccccn1)n1cccn1. The normalized spacial score (nSPS) is 11.2. The first-order valence-electron chi connectivity index (χ1n) is 7.30.